The van der Waals surface area contributed by atoms with Crippen molar-refractivity contribution in [3.8, 4) is 0 Å². The van der Waals surface area contributed by atoms with Gasteiger partial charge in [-0.25, -0.2) is 9.18 Å². The molecule has 0 spiro atoms. The third kappa shape index (κ3) is 5.25. The summed E-state index contributed by atoms with van der Waals surface area (Å²) >= 11 is 0. The van der Waals surface area contributed by atoms with Crippen LogP contribution >= 0.6 is 0 Å². The van der Waals surface area contributed by atoms with Crippen LogP contribution in [-0.2, 0) is 4.74 Å². The van der Waals surface area contributed by atoms with E-state index in [4.69, 9.17) is 4.74 Å². The minimum Gasteiger partial charge on any atom is -0.465 e. The molecule has 0 aromatic heterocycles. The van der Waals surface area contributed by atoms with Gasteiger partial charge in [-0.2, -0.15) is 0 Å². The average molecular weight is 358 g/mol. The Morgan fingerprint density at radius 2 is 1.00 bits per heavy atom. The van der Waals surface area contributed by atoms with Gasteiger partial charge in [0.2, 0.25) is 0 Å². The summed E-state index contributed by atoms with van der Waals surface area (Å²) in [6.45, 7) is 0. The molecule has 0 atom stereocenters. The van der Waals surface area contributed by atoms with Crippen molar-refractivity contribution in [1.82, 2.24) is 0 Å². The van der Waals surface area contributed by atoms with Crippen LogP contribution < -0.4 is 0 Å². The molecule has 3 aromatic carbocycles. The summed E-state index contributed by atoms with van der Waals surface area (Å²) in [5, 5.41) is 0. The maximum absolute atomic E-state index is 12.9. The molecule has 0 saturated carbocycles. The van der Waals surface area contributed by atoms with Crippen LogP contribution in [0.5, 0.6) is 0 Å². The minimum atomic E-state index is -0.338. The molecule has 2 nitrogen and oxygen atoms in total. The van der Waals surface area contributed by atoms with Crippen molar-refractivity contribution in [1.29, 1.82) is 0 Å². The number of hydrogen-bond acceptors (Lipinski definition) is 2. The van der Waals surface area contributed by atoms with E-state index in [1.165, 1.54) is 19.2 Å². The Bertz CT molecular complexity index is 951. The van der Waals surface area contributed by atoms with Gasteiger partial charge in [-0.05, 0) is 46.5 Å². The quantitative estimate of drug-likeness (QED) is 0.416. The summed E-state index contributed by atoms with van der Waals surface area (Å²) in [4.78, 5) is 11.4. The monoisotopic (exact) mass is 358 g/mol. The number of halogens is 1. The lowest BCUT2D eigenvalue weighted by atomic mass is 10.1. The van der Waals surface area contributed by atoms with Gasteiger partial charge in [0.15, 0.2) is 0 Å². The summed E-state index contributed by atoms with van der Waals surface area (Å²) in [5.74, 6) is -0.571. The van der Waals surface area contributed by atoms with E-state index in [2.05, 4.69) is 0 Å². The van der Waals surface area contributed by atoms with Crippen molar-refractivity contribution in [2.75, 3.05) is 7.11 Å². The number of hydrogen-bond donors (Lipinski definition) is 0. The number of benzene rings is 3. The first kappa shape index (κ1) is 18.3. The molecule has 0 aliphatic carbocycles. The molecule has 0 unspecified atom stereocenters. The Kier molecular flexibility index (Phi) is 5.95. The fourth-order valence-electron chi connectivity index (χ4n) is 2.53. The molecule has 0 heterocycles. The molecule has 0 saturated heterocycles. The van der Waals surface area contributed by atoms with Crippen molar-refractivity contribution in [2.45, 2.75) is 0 Å². The van der Waals surface area contributed by atoms with Gasteiger partial charge < -0.3 is 4.74 Å². The third-order valence-electron chi connectivity index (χ3n) is 4.07. The number of methoxy groups -OCH3 is 1. The van der Waals surface area contributed by atoms with Gasteiger partial charge in [-0.15, -0.1) is 0 Å². The summed E-state index contributed by atoms with van der Waals surface area (Å²) in [6.07, 6.45) is 7.95. The highest BCUT2D eigenvalue weighted by molar-refractivity contribution is 5.89. The molecule has 27 heavy (non-hydrogen) atoms. The van der Waals surface area contributed by atoms with Crippen molar-refractivity contribution in [3.63, 3.8) is 0 Å². The SMILES string of the molecule is COC(=O)c1ccc(/C=C/c2ccc(/C=C/c3ccc(F)cc3)cc2)cc1. The van der Waals surface area contributed by atoms with E-state index in [1.807, 2.05) is 60.7 Å². The Labute approximate surface area is 158 Å². The zero-order valence-corrected chi connectivity index (χ0v) is 14.9. The Balaban J connectivity index is 1.64. The Morgan fingerprint density at radius 3 is 1.37 bits per heavy atom. The standard InChI is InChI=1S/C24H19FO2/c1-27-24(26)22-14-10-20(11-15-22)8-6-18-2-4-19(5-3-18)7-9-21-12-16-23(25)17-13-21/h2-17H,1H3/b8-6+,9-7+. The second-order valence-electron chi connectivity index (χ2n) is 6.00. The molecule has 0 amide bonds. The lowest BCUT2D eigenvalue weighted by molar-refractivity contribution is 0.0600. The van der Waals surface area contributed by atoms with E-state index < -0.39 is 0 Å². The van der Waals surface area contributed by atoms with Gasteiger partial charge in [-0.1, -0.05) is 72.8 Å². The molecule has 3 heteroatoms. The van der Waals surface area contributed by atoms with Crippen LogP contribution in [0.25, 0.3) is 24.3 Å². The average Bonchev–Trinajstić information content (AvgIpc) is 2.72. The molecule has 3 rings (SSSR count). The summed E-state index contributed by atoms with van der Waals surface area (Å²) < 4.78 is 17.6. The second-order valence-corrected chi connectivity index (χ2v) is 6.00. The van der Waals surface area contributed by atoms with Crippen molar-refractivity contribution in [2.24, 2.45) is 0 Å². The van der Waals surface area contributed by atoms with Crippen LogP contribution in [0.3, 0.4) is 0 Å². The number of carbonyl (C=O) groups is 1. The number of carbonyl (C=O) groups excluding carboxylic acids is 1. The van der Waals surface area contributed by atoms with Crippen LogP contribution in [0, 0.1) is 5.82 Å². The molecule has 0 bridgehead atoms. The lowest BCUT2D eigenvalue weighted by Crippen LogP contribution is -2.00. The van der Waals surface area contributed by atoms with E-state index >= 15 is 0 Å². The molecular formula is C24H19FO2. The molecule has 3 aromatic rings. The highest BCUT2D eigenvalue weighted by atomic mass is 19.1. The van der Waals surface area contributed by atoms with E-state index in [0.29, 0.717) is 5.56 Å². The fourth-order valence-corrected chi connectivity index (χ4v) is 2.53. The van der Waals surface area contributed by atoms with Crippen molar-refractivity contribution in [3.05, 3.63) is 106 Å². The third-order valence-corrected chi connectivity index (χ3v) is 4.07. The molecule has 0 N–H and O–H groups in total. The van der Waals surface area contributed by atoms with Crippen LogP contribution in [0.1, 0.15) is 32.6 Å². The molecule has 0 aliphatic rings. The highest BCUT2D eigenvalue weighted by Gasteiger charge is 2.03. The predicted octanol–water partition coefficient (Wildman–Crippen LogP) is 5.95. The predicted molar refractivity (Wildman–Crippen MR) is 108 cm³/mol. The summed E-state index contributed by atoms with van der Waals surface area (Å²) in [6, 6.07) is 21.8. The van der Waals surface area contributed by atoms with Gasteiger partial charge in [0, 0.05) is 0 Å². The smallest absolute Gasteiger partial charge is 0.337 e. The number of esters is 1. The lowest BCUT2D eigenvalue weighted by Gasteiger charge is -2.00. The largest absolute Gasteiger partial charge is 0.465 e. The molecular weight excluding hydrogens is 339 g/mol. The van der Waals surface area contributed by atoms with Crippen molar-refractivity contribution >= 4 is 30.3 Å². The maximum atomic E-state index is 12.9. The van der Waals surface area contributed by atoms with Crippen molar-refractivity contribution < 1.29 is 13.9 Å². The van der Waals surface area contributed by atoms with E-state index in [0.717, 1.165) is 22.3 Å². The van der Waals surface area contributed by atoms with Gasteiger partial charge in [-0.3, -0.25) is 0 Å². The molecule has 134 valence electrons. The van der Waals surface area contributed by atoms with E-state index in [9.17, 15) is 9.18 Å². The van der Waals surface area contributed by atoms with Gasteiger partial charge >= 0.3 is 5.97 Å². The second kappa shape index (κ2) is 8.77. The Hall–Kier alpha value is -3.46. The van der Waals surface area contributed by atoms with E-state index in [-0.39, 0.29) is 11.8 Å². The summed E-state index contributed by atoms with van der Waals surface area (Å²) in [7, 11) is 1.37. The number of rotatable bonds is 5. The normalized spacial score (nSPS) is 11.2. The fraction of sp³-hybridized carbons (Fsp3) is 0.0417. The topological polar surface area (TPSA) is 26.3 Å². The first-order valence-electron chi connectivity index (χ1n) is 8.54. The number of ether oxygens (including phenoxy) is 1. The van der Waals surface area contributed by atoms with Crippen LogP contribution in [0.15, 0.2) is 72.8 Å². The zero-order valence-electron chi connectivity index (χ0n) is 14.9. The molecule has 0 fully saturated rings. The van der Waals surface area contributed by atoms with E-state index in [1.54, 1.807) is 24.3 Å². The van der Waals surface area contributed by atoms with Gasteiger partial charge in [0.05, 0.1) is 12.7 Å². The summed E-state index contributed by atoms with van der Waals surface area (Å²) in [5.41, 5.74) is 4.63. The molecule has 0 radical (unpaired) electrons. The first-order valence-corrected chi connectivity index (χ1v) is 8.54. The molecule has 0 aliphatic heterocycles. The zero-order chi connectivity index (χ0) is 19.1. The van der Waals surface area contributed by atoms with Crippen LogP contribution in [-0.4, -0.2) is 13.1 Å². The Morgan fingerprint density at radius 1 is 0.667 bits per heavy atom. The van der Waals surface area contributed by atoms with Crippen LogP contribution in [0.4, 0.5) is 4.39 Å². The maximum Gasteiger partial charge on any atom is 0.337 e. The highest BCUT2D eigenvalue weighted by Crippen LogP contribution is 2.14. The van der Waals surface area contributed by atoms with Gasteiger partial charge in [0.1, 0.15) is 5.82 Å². The minimum absolute atomic E-state index is 0.233. The van der Waals surface area contributed by atoms with Gasteiger partial charge in [0.25, 0.3) is 0 Å². The first-order chi connectivity index (χ1) is 13.1. The van der Waals surface area contributed by atoms with Crippen LogP contribution in [0.2, 0.25) is 0 Å².